The van der Waals surface area contributed by atoms with Crippen molar-refractivity contribution in [1.82, 2.24) is 4.90 Å². The van der Waals surface area contributed by atoms with Gasteiger partial charge in [-0.05, 0) is 46.0 Å². The summed E-state index contributed by atoms with van der Waals surface area (Å²) in [6.45, 7) is 6.51. The van der Waals surface area contributed by atoms with Crippen molar-refractivity contribution >= 4 is 6.09 Å². The predicted molar refractivity (Wildman–Crippen MR) is 62.0 cm³/mol. The molecular formula is C12H22N2O2. The predicted octanol–water partition coefficient (Wildman–Crippen LogP) is 1.73. The van der Waals surface area contributed by atoms with Gasteiger partial charge in [0.05, 0.1) is 6.04 Å². The van der Waals surface area contributed by atoms with Crippen LogP contribution in [0.2, 0.25) is 0 Å². The van der Waals surface area contributed by atoms with Gasteiger partial charge in [0.1, 0.15) is 5.60 Å². The molecule has 2 aliphatic rings. The van der Waals surface area contributed by atoms with Gasteiger partial charge in [-0.2, -0.15) is 0 Å². The first-order valence-electron chi connectivity index (χ1n) is 6.12. The lowest BCUT2D eigenvalue weighted by Gasteiger charge is -2.31. The summed E-state index contributed by atoms with van der Waals surface area (Å²) in [6, 6.07) is 0.333. The zero-order valence-corrected chi connectivity index (χ0v) is 10.4. The third-order valence-electron chi connectivity index (χ3n) is 3.46. The summed E-state index contributed by atoms with van der Waals surface area (Å²) in [7, 11) is 0. The van der Waals surface area contributed by atoms with Crippen molar-refractivity contribution in [2.75, 3.05) is 6.54 Å². The van der Waals surface area contributed by atoms with E-state index in [1.54, 1.807) is 0 Å². The SMILES string of the molecule is CC(C)(C)OC(=O)N1CC2CCC(N)C1C2. The molecule has 16 heavy (non-hydrogen) atoms. The Labute approximate surface area is 97.1 Å². The van der Waals surface area contributed by atoms with E-state index < -0.39 is 5.60 Å². The Kier molecular flexibility index (Phi) is 2.86. The number of amides is 1. The molecule has 2 N–H and O–H groups in total. The summed E-state index contributed by atoms with van der Waals surface area (Å²) in [4.78, 5) is 13.8. The lowest BCUT2D eigenvalue weighted by molar-refractivity contribution is 0.0210. The second-order valence-electron chi connectivity index (χ2n) is 6.04. The highest BCUT2D eigenvalue weighted by molar-refractivity contribution is 5.69. The summed E-state index contributed by atoms with van der Waals surface area (Å²) >= 11 is 0. The molecule has 0 spiro atoms. The highest BCUT2D eigenvalue weighted by Crippen LogP contribution is 2.35. The fourth-order valence-corrected chi connectivity index (χ4v) is 2.72. The first-order valence-corrected chi connectivity index (χ1v) is 6.12. The number of hydrogen-bond donors (Lipinski definition) is 1. The van der Waals surface area contributed by atoms with Gasteiger partial charge >= 0.3 is 6.09 Å². The largest absolute Gasteiger partial charge is 0.444 e. The van der Waals surface area contributed by atoms with Crippen LogP contribution >= 0.6 is 0 Å². The van der Waals surface area contributed by atoms with Crippen LogP contribution in [0.5, 0.6) is 0 Å². The highest BCUT2D eigenvalue weighted by Gasteiger charge is 2.43. The van der Waals surface area contributed by atoms with Gasteiger partial charge in [-0.1, -0.05) is 0 Å². The Morgan fingerprint density at radius 2 is 2.06 bits per heavy atom. The molecule has 1 heterocycles. The van der Waals surface area contributed by atoms with E-state index in [1.807, 2.05) is 25.7 Å². The zero-order chi connectivity index (χ0) is 11.9. The quantitative estimate of drug-likeness (QED) is 0.684. The number of carbonyl (C=O) groups is 1. The third-order valence-corrected chi connectivity index (χ3v) is 3.46. The minimum Gasteiger partial charge on any atom is -0.444 e. The van der Waals surface area contributed by atoms with Gasteiger partial charge in [0.2, 0.25) is 0 Å². The molecule has 2 rings (SSSR count). The van der Waals surface area contributed by atoms with E-state index in [2.05, 4.69) is 0 Å². The fraction of sp³-hybridized carbons (Fsp3) is 0.917. The maximum Gasteiger partial charge on any atom is 0.410 e. The normalized spacial score (nSPS) is 34.0. The molecule has 1 aliphatic heterocycles. The van der Waals surface area contributed by atoms with Crippen LogP contribution < -0.4 is 5.73 Å². The van der Waals surface area contributed by atoms with Crippen LogP contribution in [0.15, 0.2) is 0 Å². The first kappa shape index (κ1) is 11.7. The molecular weight excluding hydrogens is 204 g/mol. The van der Waals surface area contributed by atoms with E-state index in [4.69, 9.17) is 10.5 Å². The third kappa shape index (κ3) is 2.32. The number of nitrogens with zero attached hydrogens (tertiary/aromatic N) is 1. The Bertz CT molecular complexity index is 285. The molecule has 1 aliphatic carbocycles. The fourth-order valence-electron chi connectivity index (χ4n) is 2.72. The van der Waals surface area contributed by atoms with E-state index >= 15 is 0 Å². The molecule has 0 aromatic rings. The molecule has 4 nitrogen and oxygen atoms in total. The number of fused-ring (bicyclic) bond motifs is 2. The number of rotatable bonds is 0. The molecule has 1 saturated heterocycles. The molecule has 2 bridgehead atoms. The summed E-state index contributed by atoms with van der Waals surface area (Å²) in [5.41, 5.74) is 5.64. The van der Waals surface area contributed by atoms with E-state index in [-0.39, 0.29) is 18.2 Å². The number of ether oxygens (including phenoxy) is 1. The van der Waals surface area contributed by atoms with Crippen molar-refractivity contribution in [2.24, 2.45) is 11.7 Å². The number of carbonyl (C=O) groups excluding carboxylic acids is 1. The second-order valence-corrected chi connectivity index (χ2v) is 6.04. The van der Waals surface area contributed by atoms with Crippen molar-refractivity contribution in [3.05, 3.63) is 0 Å². The molecule has 0 aromatic heterocycles. The zero-order valence-electron chi connectivity index (χ0n) is 10.4. The molecule has 4 heteroatoms. The van der Waals surface area contributed by atoms with Crippen LogP contribution in [0.4, 0.5) is 4.79 Å². The van der Waals surface area contributed by atoms with E-state index in [1.165, 1.54) is 0 Å². The van der Waals surface area contributed by atoms with E-state index in [9.17, 15) is 4.79 Å². The molecule has 0 aromatic carbocycles. The van der Waals surface area contributed by atoms with Crippen molar-refractivity contribution in [1.29, 1.82) is 0 Å². The Balaban J connectivity index is 2.02. The van der Waals surface area contributed by atoms with E-state index in [0.29, 0.717) is 5.92 Å². The summed E-state index contributed by atoms with van der Waals surface area (Å²) < 4.78 is 5.41. The maximum atomic E-state index is 12.0. The van der Waals surface area contributed by atoms with Crippen LogP contribution in [-0.2, 0) is 4.74 Å². The van der Waals surface area contributed by atoms with Crippen LogP contribution in [0.3, 0.4) is 0 Å². The van der Waals surface area contributed by atoms with Crippen molar-refractivity contribution in [3.63, 3.8) is 0 Å². The van der Waals surface area contributed by atoms with Gasteiger partial charge in [0.15, 0.2) is 0 Å². The smallest absolute Gasteiger partial charge is 0.410 e. The molecule has 1 amide bonds. The van der Waals surface area contributed by atoms with Crippen molar-refractivity contribution in [3.8, 4) is 0 Å². The lowest BCUT2D eigenvalue weighted by atomic mass is 9.87. The Morgan fingerprint density at radius 1 is 1.38 bits per heavy atom. The van der Waals surface area contributed by atoms with Crippen molar-refractivity contribution in [2.45, 2.75) is 57.7 Å². The summed E-state index contributed by atoms with van der Waals surface area (Å²) in [5.74, 6) is 0.636. The topological polar surface area (TPSA) is 55.6 Å². The lowest BCUT2D eigenvalue weighted by Crippen LogP contribution is -2.48. The van der Waals surface area contributed by atoms with Gasteiger partial charge in [-0.15, -0.1) is 0 Å². The minimum atomic E-state index is -0.419. The Morgan fingerprint density at radius 3 is 2.69 bits per heavy atom. The monoisotopic (exact) mass is 226 g/mol. The second kappa shape index (κ2) is 3.91. The average molecular weight is 226 g/mol. The van der Waals surface area contributed by atoms with Crippen LogP contribution in [0.1, 0.15) is 40.0 Å². The van der Waals surface area contributed by atoms with Crippen molar-refractivity contribution < 1.29 is 9.53 Å². The van der Waals surface area contributed by atoms with Crippen LogP contribution in [-0.4, -0.2) is 35.2 Å². The first-order chi connectivity index (χ1) is 7.37. The summed E-state index contributed by atoms with van der Waals surface area (Å²) in [5, 5.41) is 0. The average Bonchev–Trinajstić information content (AvgIpc) is 2.49. The number of likely N-dealkylation sites (tertiary alicyclic amines) is 1. The van der Waals surface area contributed by atoms with E-state index in [0.717, 1.165) is 25.8 Å². The molecule has 92 valence electrons. The van der Waals surface area contributed by atoms with Gasteiger partial charge in [0, 0.05) is 12.6 Å². The maximum absolute atomic E-state index is 12.0. The van der Waals surface area contributed by atoms with Gasteiger partial charge in [0.25, 0.3) is 0 Å². The number of hydrogen-bond acceptors (Lipinski definition) is 3. The van der Waals surface area contributed by atoms with Gasteiger partial charge in [-0.25, -0.2) is 4.79 Å². The highest BCUT2D eigenvalue weighted by atomic mass is 16.6. The molecule has 1 saturated carbocycles. The van der Waals surface area contributed by atoms with Gasteiger partial charge in [-0.3, -0.25) is 0 Å². The minimum absolute atomic E-state index is 0.131. The van der Waals surface area contributed by atoms with Crippen LogP contribution in [0, 0.1) is 5.92 Å². The molecule has 3 unspecified atom stereocenters. The standard InChI is InChI=1S/C12H22N2O2/c1-12(2,3)16-11(15)14-7-8-4-5-9(13)10(14)6-8/h8-10H,4-7,13H2,1-3H3. The van der Waals surface area contributed by atoms with Crippen LogP contribution in [0.25, 0.3) is 0 Å². The van der Waals surface area contributed by atoms with Gasteiger partial charge < -0.3 is 15.4 Å². The molecule has 2 fully saturated rings. The summed E-state index contributed by atoms with van der Waals surface area (Å²) in [6.07, 6.45) is 3.05. The molecule has 0 radical (unpaired) electrons. The molecule has 3 atom stereocenters. The number of nitrogens with two attached hydrogens (primary N) is 1. The Hall–Kier alpha value is -0.770.